The van der Waals surface area contributed by atoms with E-state index in [0.29, 0.717) is 11.6 Å². The van der Waals surface area contributed by atoms with Gasteiger partial charge in [0, 0.05) is 18.5 Å². The number of benzene rings is 2. The van der Waals surface area contributed by atoms with E-state index in [4.69, 9.17) is 4.74 Å². The van der Waals surface area contributed by atoms with Gasteiger partial charge in [0.25, 0.3) is 0 Å². The molecule has 2 amide bonds. The van der Waals surface area contributed by atoms with Crippen LogP contribution in [0.5, 0.6) is 5.75 Å². The van der Waals surface area contributed by atoms with E-state index in [2.05, 4.69) is 20.5 Å². The standard InChI is InChI=1S/C22H22FN5O3/c1-13-3-8-18(17(23)9-13)28-12-15(10-20(28)29)22(30)24-11-19-25-21(27-26-19)14-4-6-16(31-2)7-5-14/h3-9,15H,10-12H2,1-2H3,(H,24,30)(H,25,26,27). The molecule has 1 atom stereocenters. The lowest BCUT2D eigenvalue weighted by molar-refractivity contribution is -0.126. The van der Waals surface area contributed by atoms with Gasteiger partial charge in [-0.15, -0.1) is 0 Å². The highest BCUT2D eigenvalue weighted by Crippen LogP contribution is 2.28. The van der Waals surface area contributed by atoms with Crippen LogP contribution in [-0.2, 0) is 16.1 Å². The summed E-state index contributed by atoms with van der Waals surface area (Å²) in [6.45, 7) is 2.06. The molecule has 4 rings (SSSR count). The first-order chi connectivity index (χ1) is 14.9. The van der Waals surface area contributed by atoms with E-state index >= 15 is 0 Å². The van der Waals surface area contributed by atoms with Crippen LogP contribution < -0.4 is 15.0 Å². The van der Waals surface area contributed by atoms with Crippen molar-refractivity contribution in [1.29, 1.82) is 0 Å². The van der Waals surface area contributed by atoms with Crippen LogP contribution in [0.3, 0.4) is 0 Å². The fourth-order valence-electron chi connectivity index (χ4n) is 3.51. The van der Waals surface area contributed by atoms with Crippen molar-refractivity contribution in [1.82, 2.24) is 20.5 Å². The largest absolute Gasteiger partial charge is 0.497 e. The Kier molecular flexibility index (Phi) is 5.66. The molecule has 3 aromatic rings. The number of rotatable bonds is 6. The third-order valence-corrected chi connectivity index (χ3v) is 5.20. The van der Waals surface area contributed by atoms with Gasteiger partial charge in [0.2, 0.25) is 11.8 Å². The Labute approximate surface area is 178 Å². The summed E-state index contributed by atoms with van der Waals surface area (Å²) in [5.41, 5.74) is 1.78. The molecule has 2 N–H and O–H groups in total. The van der Waals surface area contributed by atoms with E-state index in [0.717, 1.165) is 16.9 Å². The highest BCUT2D eigenvalue weighted by Gasteiger charge is 2.36. The lowest BCUT2D eigenvalue weighted by Gasteiger charge is -2.17. The van der Waals surface area contributed by atoms with Crippen molar-refractivity contribution in [2.24, 2.45) is 5.92 Å². The Morgan fingerprint density at radius 3 is 2.77 bits per heavy atom. The molecule has 1 fully saturated rings. The average molecular weight is 423 g/mol. The van der Waals surface area contributed by atoms with Gasteiger partial charge in [0.1, 0.15) is 17.4 Å². The van der Waals surface area contributed by atoms with Crippen molar-refractivity contribution < 1.29 is 18.7 Å². The molecule has 0 radical (unpaired) electrons. The molecule has 31 heavy (non-hydrogen) atoms. The van der Waals surface area contributed by atoms with E-state index in [1.807, 2.05) is 24.3 Å². The van der Waals surface area contributed by atoms with Crippen LogP contribution in [0.25, 0.3) is 11.4 Å². The fraction of sp³-hybridized carbons (Fsp3) is 0.273. The van der Waals surface area contributed by atoms with Crippen LogP contribution in [0.1, 0.15) is 17.8 Å². The summed E-state index contributed by atoms with van der Waals surface area (Å²) in [5.74, 6) is 0.140. The van der Waals surface area contributed by atoms with Gasteiger partial charge in [-0.2, -0.15) is 5.10 Å². The lowest BCUT2D eigenvalue weighted by atomic mass is 10.1. The maximum absolute atomic E-state index is 14.2. The Morgan fingerprint density at radius 1 is 1.29 bits per heavy atom. The molecule has 2 heterocycles. The number of nitrogens with one attached hydrogen (secondary N) is 2. The number of anilines is 1. The molecule has 0 spiro atoms. The smallest absolute Gasteiger partial charge is 0.227 e. The molecule has 1 aromatic heterocycles. The van der Waals surface area contributed by atoms with Gasteiger partial charge >= 0.3 is 0 Å². The van der Waals surface area contributed by atoms with Crippen molar-refractivity contribution in [2.75, 3.05) is 18.6 Å². The minimum atomic E-state index is -0.558. The van der Waals surface area contributed by atoms with Crippen LogP contribution in [-0.4, -0.2) is 40.7 Å². The van der Waals surface area contributed by atoms with Crippen LogP contribution in [0.4, 0.5) is 10.1 Å². The number of hydrogen-bond acceptors (Lipinski definition) is 5. The van der Waals surface area contributed by atoms with E-state index in [-0.39, 0.29) is 37.0 Å². The summed E-state index contributed by atoms with van der Waals surface area (Å²) in [4.78, 5) is 30.6. The number of aromatic amines is 1. The summed E-state index contributed by atoms with van der Waals surface area (Å²) >= 11 is 0. The lowest BCUT2D eigenvalue weighted by Crippen LogP contribution is -2.33. The summed E-state index contributed by atoms with van der Waals surface area (Å²) in [7, 11) is 1.59. The highest BCUT2D eigenvalue weighted by molar-refractivity contribution is 6.00. The number of aromatic nitrogens is 3. The molecule has 0 aliphatic carbocycles. The maximum atomic E-state index is 14.2. The third kappa shape index (κ3) is 4.40. The van der Waals surface area contributed by atoms with Gasteiger partial charge in [-0.1, -0.05) is 6.07 Å². The summed E-state index contributed by atoms with van der Waals surface area (Å²) < 4.78 is 19.4. The minimum absolute atomic E-state index is 0.0344. The van der Waals surface area contributed by atoms with Crippen molar-refractivity contribution in [3.63, 3.8) is 0 Å². The average Bonchev–Trinajstić information content (AvgIpc) is 3.39. The molecule has 160 valence electrons. The summed E-state index contributed by atoms with van der Waals surface area (Å²) in [6.07, 6.45) is 0.0344. The van der Waals surface area contributed by atoms with Gasteiger partial charge in [-0.25, -0.2) is 9.37 Å². The molecule has 1 aliphatic rings. The quantitative estimate of drug-likeness (QED) is 0.635. The zero-order chi connectivity index (χ0) is 22.0. The maximum Gasteiger partial charge on any atom is 0.227 e. The monoisotopic (exact) mass is 423 g/mol. The second-order valence-corrected chi connectivity index (χ2v) is 7.41. The van der Waals surface area contributed by atoms with Crippen molar-refractivity contribution in [3.05, 3.63) is 59.7 Å². The number of H-pyrrole nitrogens is 1. The predicted molar refractivity (Wildman–Crippen MR) is 112 cm³/mol. The number of ether oxygens (including phenoxy) is 1. The van der Waals surface area contributed by atoms with Crippen molar-refractivity contribution >= 4 is 17.5 Å². The Hall–Kier alpha value is -3.75. The topological polar surface area (TPSA) is 100 Å². The van der Waals surface area contributed by atoms with Crippen molar-refractivity contribution in [2.45, 2.75) is 19.9 Å². The molecule has 0 saturated carbocycles. The second kappa shape index (κ2) is 8.55. The summed E-state index contributed by atoms with van der Waals surface area (Å²) in [6, 6.07) is 12.0. The van der Waals surface area contributed by atoms with Crippen LogP contribution in [0.2, 0.25) is 0 Å². The Bertz CT molecular complexity index is 1110. The van der Waals surface area contributed by atoms with Gasteiger partial charge in [0.15, 0.2) is 5.82 Å². The molecule has 0 bridgehead atoms. The molecule has 2 aromatic carbocycles. The van der Waals surface area contributed by atoms with Gasteiger partial charge in [0.05, 0.1) is 25.3 Å². The number of aryl methyl sites for hydroxylation is 1. The fourth-order valence-corrected chi connectivity index (χ4v) is 3.51. The molecule has 1 saturated heterocycles. The van der Waals surface area contributed by atoms with Crippen molar-refractivity contribution in [3.8, 4) is 17.1 Å². The zero-order valence-corrected chi connectivity index (χ0v) is 17.2. The SMILES string of the molecule is COc1ccc(-c2n[nH]c(CNC(=O)C3CC(=O)N(c4ccc(C)cc4F)C3)n2)cc1. The molecule has 9 heteroatoms. The Morgan fingerprint density at radius 2 is 2.06 bits per heavy atom. The molecule has 1 aliphatic heterocycles. The second-order valence-electron chi connectivity index (χ2n) is 7.41. The number of nitrogens with zero attached hydrogens (tertiary/aromatic N) is 3. The first-order valence-corrected chi connectivity index (χ1v) is 9.84. The van der Waals surface area contributed by atoms with Gasteiger partial charge in [-0.05, 0) is 48.9 Å². The molecular formula is C22H22FN5O3. The van der Waals surface area contributed by atoms with Crippen LogP contribution in [0, 0.1) is 18.7 Å². The first-order valence-electron chi connectivity index (χ1n) is 9.84. The normalized spacial score (nSPS) is 15.9. The van der Waals surface area contributed by atoms with Gasteiger partial charge in [-0.3, -0.25) is 14.7 Å². The number of methoxy groups -OCH3 is 1. The molecular weight excluding hydrogens is 401 g/mol. The molecule has 8 nitrogen and oxygen atoms in total. The van der Waals surface area contributed by atoms with Crippen LogP contribution >= 0.6 is 0 Å². The number of amides is 2. The summed E-state index contributed by atoms with van der Waals surface area (Å²) in [5, 5.41) is 9.74. The minimum Gasteiger partial charge on any atom is -0.497 e. The van der Waals surface area contributed by atoms with Crippen LogP contribution in [0.15, 0.2) is 42.5 Å². The van der Waals surface area contributed by atoms with E-state index < -0.39 is 11.7 Å². The number of carbonyl (C=O) groups is 2. The number of hydrogen-bond donors (Lipinski definition) is 2. The Balaban J connectivity index is 1.36. The van der Waals surface area contributed by atoms with E-state index in [9.17, 15) is 14.0 Å². The number of halogens is 1. The first kappa shape index (κ1) is 20.5. The third-order valence-electron chi connectivity index (χ3n) is 5.20. The zero-order valence-electron chi connectivity index (χ0n) is 17.2. The predicted octanol–water partition coefficient (Wildman–Crippen LogP) is 2.60. The van der Waals surface area contributed by atoms with E-state index in [1.165, 1.54) is 11.0 Å². The van der Waals surface area contributed by atoms with Gasteiger partial charge < -0.3 is 15.0 Å². The molecule has 1 unspecified atom stereocenters. The highest BCUT2D eigenvalue weighted by atomic mass is 19.1. The number of carbonyl (C=O) groups excluding carboxylic acids is 2. The van der Waals surface area contributed by atoms with E-state index in [1.54, 1.807) is 26.2 Å².